The second-order valence-electron chi connectivity index (χ2n) is 11.9. The van der Waals surface area contributed by atoms with E-state index >= 15 is 0 Å². The van der Waals surface area contributed by atoms with Crippen molar-refractivity contribution in [3.8, 4) is 5.75 Å². The largest absolute Gasteiger partial charge is 0.497 e. The number of esters is 2. The number of hydrogen-bond acceptors (Lipinski definition) is 9. The van der Waals surface area contributed by atoms with E-state index in [-0.39, 0.29) is 5.30 Å². The molecule has 0 aliphatic heterocycles. The van der Waals surface area contributed by atoms with Crippen molar-refractivity contribution >= 4 is 46.8 Å². The Morgan fingerprint density at radius 2 is 1.43 bits per heavy atom. The van der Waals surface area contributed by atoms with E-state index in [1.165, 1.54) is 0 Å². The topological polar surface area (TPSA) is 115 Å². The molecule has 11 heteroatoms. The number of pyridine rings is 1. The van der Waals surface area contributed by atoms with Crippen LogP contribution >= 0.6 is 7.60 Å². The Hall–Kier alpha value is -3.72. The number of rotatable bonds is 10. The van der Waals surface area contributed by atoms with Crippen LogP contribution in [0.5, 0.6) is 5.75 Å². The molecule has 0 aliphatic rings. The third-order valence-corrected chi connectivity index (χ3v) is 8.29. The molecular weight excluding hydrogens is 559 g/mol. The SMILES string of the molecule is COc1ccc2c(c1)c1ncccc1n2Cc1ccc(P(=O)(OCOC(=O)C(C)(C)C)OCOC(=O)C(C)(C)C)cc1. The Bertz CT molecular complexity index is 1600. The second kappa shape index (κ2) is 12.3. The van der Waals surface area contributed by atoms with Crippen LogP contribution in [0.4, 0.5) is 0 Å². The van der Waals surface area contributed by atoms with Crippen LogP contribution in [0.3, 0.4) is 0 Å². The number of benzene rings is 2. The van der Waals surface area contributed by atoms with Gasteiger partial charge in [-0.1, -0.05) is 12.1 Å². The number of carbonyl (C=O) groups excluding carboxylic acids is 2. The number of nitrogens with zero attached hydrogens (tertiary/aromatic N) is 2. The standard InChI is InChI=1S/C31H37N2O8P/c1-30(2,3)28(34)38-19-40-42(36,41-20-39-29(35)31(4,5)6)23-13-10-21(11-14-23)18-33-25-15-12-22(37-7)17-24(25)27-26(33)9-8-16-32-27/h8-17H,18-20H2,1-7H3. The van der Waals surface area contributed by atoms with Crippen LogP contribution in [-0.2, 0) is 39.2 Å². The summed E-state index contributed by atoms with van der Waals surface area (Å²) < 4.78 is 42.8. The molecule has 2 heterocycles. The lowest BCUT2D eigenvalue weighted by Crippen LogP contribution is -2.25. The van der Waals surface area contributed by atoms with Gasteiger partial charge in [0.15, 0.2) is 0 Å². The summed E-state index contributed by atoms with van der Waals surface area (Å²) in [7, 11) is -2.42. The monoisotopic (exact) mass is 596 g/mol. The normalized spacial score (nSPS) is 12.5. The predicted molar refractivity (Wildman–Crippen MR) is 160 cm³/mol. The number of aromatic nitrogens is 2. The summed E-state index contributed by atoms with van der Waals surface area (Å²) in [5, 5.41) is 1.20. The molecule has 2 aromatic heterocycles. The number of carbonyl (C=O) groups is 2. The number of hydrogen-bond donors (Lipinski definition) is 0. The van der Waals surface area contributed by atoms with Crippen LogP contribution in [0.1, 0.15) is 47.1 Å². The van der Waals surface area contributed by atoms with Gasteiger partial charge in [-0.15, -0.1) is 0 Å². The van der Waals surface area contributed by atoms with Gasteiger partial charge in [0, 0.05) is 18.1 Å². The van der Waals surface area contributed by atoms with Crippen LogP contribution in [0.2, 0.25) is 0 Å². The van der Waals surface area contributed by atoms with Crippen LogP contribution in [0.25, 0.3) is 21.9 Å². The average Bonchev–Trinajstić information content (AvgIpc) is 3.25. The summed E-state index contributed by atoms with van der Waals surface area (Å²) >= 11 is 0. The van der Waals surface area contributed by atoms with Crippen molar-refractivity contribution in [1.82, 2.24) is 9.55 Å². The molecule has 0 bridgehead atoms. The first-order chi connectivity index (χ1) is 19.7. The highest BCUT2D eigenvalue weighted by Gasteiger charge is 2.32. The Labute approximate surface area is 245 Å². The van der Waals surface area contributed by atoms with E-state index in [0.717, 1.165) is 33.2 Å². The van der Waals surface area contributed by atoms with E-state index in [1.807, 2.05) is 42.5 Å². The molecule has 0 amide bonds. The van der Waals surface area contributed by atoms with E-state index in [4.69, 9.17) is 23.3 Å². The van der Waals surface area contributed by atoms with E-state index in [0.29, 0.717) is 6.54 Å². The average molecular weight is 597 g/mol. The third kappa shape index (κ3) is 7.01. The lowest BCUT2D eigenvalue weighted by Gasteiger charge is -2.22. The molecule has 0 aliphatic carbocycles. The van der Waals surface area contributed by atoms with Gasteiger partial charge < -0.3 is 18.8 Å². The summed E-state index contributed by atoms with van der Waals surface area (Å²) in [6.45, 7) is 9.48. The molecule has 10 nitrogen and oxygen atoms in total. The summed E-state index contributed by atoms with van der Waals surface area (Å²) in [6.07, 6.45) is 1.76. The number of ether oxygens (including phenoxy) is 3. The van der Waals surface area contributed by atoms with Crippen LogP contribution in [0.15, 0.2) is 60.8 Å². The second-order valence-corrected chi connectivity index (χ2v) is 13.9. The predicted octanol–water partition coefficient (Wildman–Crippen LogP) is 6.19. The van der Waals surface area contributed by atoms with Crippen LogP contribution < -0.4 is 10.0 Å². The van der Waals surface area contributed by atoms with Gasteiger partial charge in [0.25, 0.3) is 0 Å². The maximum atomic E-state index is 13.9. The Morgan fingerprint density at radius 1 is 0.833 bits per heavy atom. The smallest absolute Gasteiger partial charge is 0.367 e. The number of fused-ring (bicyclic) bond motifs is 3. The molecule has 0 saturated carbocycles. The zero-order valence-electron chi connectivity index (χ0n) is 25.0. The van der Waals surface area contributed by atoms with E-state index in [2.05, 4.69) is 9.55 Å². The van der Waals surface area contributed by atoms with Gasteiger partial charge in [0.2, 0.25) is 13.6 Å². The Kier molecular flexibility index (Phi) is 9.11. The summed E-state index contributed by atoms with van der Waals surface area (Å²) in [5.74, 6) is -0.308. The van der Waals surface area contributed by atoms with Gasteiger partial charge >= 0.3 is 19.5 Å². The molecule has 0 unspecified atom stereocenters. The van der Waals surface area contributed by atoms with Gasteiger partial charge in [-0.2, -0.15) is 0 Å². The maximum Gasteiger partial charge on any atom is 0.367 e. The molecule has 0 radical (unpaired) electrons. The van der Waals surface area contributed by atoms with E-state index < -0.39 is 44.0 Å². The Balaban J connectivity index is 1.58. The molecule has 0 N–H and O–H groups in total. The molecule has 0 spiro atoms. The van der Waals surface area contributed by atoms with Crippen molar-refractivity contribution in [2.45, 2.75) is 48.1 Å². The van der Waals surface area contributed by atoms with Crippen molar-refractivity contribution in [3.63, 3.8) is 0 Å². The summed E-state index contributed by atoms with van der Waals surface area (Å²) in [4.78, 5) is 29.0. The van der Waals surface area contributed by atoms with Gasteiger partial charge in [-0.3, -0.25) is 28.2 Å². The minimum absolute atomic E-state index is 0.221. The lowest BCUT2D eigenvalue weighted by atomic mass is 9.98. The molecule has 0 saturated heterocycles. The fourth-order valence-corrected chi connectivity index (χ4v) is 5.34. The van der Waals surface area contributed by atoms with Crippen molar-refractivity contribution in [2.24, 2.45) is 10.8 Å². The lowest BCUT2D eigenvalue weighted by molar-refractivity contribution is -0.161. The van der Waals surface area contributed by atoms with Gasteiger partial charge in [0.1, 0.15) is 5.75 Å². The van der Waals surface area contributed by atoms with E-state index in [9.17, 15) is 14.2 Å². The number of methoxy groups -OCH3 is 1. The molecule has 42 heavy (non-hydrogen) atoms. The van der Waals surface area contributed by atoms with Crippen molar-refractivity contribution in [2.75, 3.05) is 20.7 Å². The fraction of sp³-hybridized carbons (Fsp3) is 0.387. The molecule has 224 valence electrons. The van der Waals surface area contributed by atoms with Crippen molar-refractivity contribution in [1.29, 1.82) is 0 Å². The summed E-state index contributed by atoms with van der Waals surface area (Å²) in [6, 6.07) is 16.7. The molecular formula is C31H37N2O8P. The van der Waals surface area contributed by atoms with Crippen molar-refractivity contribution < 1.29 is 37.4 Å². The van der Waals surface area contributed by atoms with Crippen LogP contribution in [-0.4, -0.2) is 42.2 Å². The zero-order chi connectivity index (χ0) is 30.7. The van der Waals surface area contributed by atoms with Crippen molar-refractivity contribution in [3.05, 3.63) is 66.4 Å². The fourth-order valence-electron chi connectivity index (χ4n) is 4.07. The molecule has 2 aromatic carbocycles. The first-order valence-electron chi connectivity index (χ1n) is 13.5. The highest BCUT2D eigenvalue weighted by molar-refractivity contribution is 7.62. The zero-order valence-corrected chi connectivity index (χ0v) is 25.9. The van der Waals surface area contributed by atoms with Crippen LogP contribution in [0, 0.1) is 10.8 Å². The van der Waals surface area contributed by atoms with E-state index in [1.54, 1.807) is 67.0 Å². The molecule has 4 aromatic rings. The molecule has 0 fully saturated rings. The van der Waals surface area contributed by atoms with Gasteiger partial charge in [-0.05, 0) is 89.6 Å². The highest BCUT2D eigenvalue weighted by atomic mass is 31.2. The first kappa shape index (κ1) is 31.2. The van der Waals surface area contributed by atoms with Gasteiger partial charge in [0.05, 0.1) is 39.8 Å². The maximum absolute atomic E-state index is 13.9. The Morgan fingerprint density at radius 3 is 1.98 bits per heavy atom. The minimum atomic E-state index is -4.05. The third-order valence-electron chi connectivity index (χ3n) is 6.47. The summed E-state index contributed by atoms with van der Waals surface area (Å²) in [5.41, 5.74) is 2.19. The highest BCUT2D eigenvalue weighted by Crippen LogP contribution is 2.47. The first-order valence-corrected chi connectivity index (χ1v) is 15.0. The molecule has 4 rings (SSSR count). The quantitative estimate of drug-likeness (QED) is 0.120. The van der Waals surface area contributed by atoms with Gasteiger partial charge in [-0.25, -0.2) is 0 Å². The minimum Gasteiger partial charge on any atom is -0.497 e. The molecule has 0 atom stereocenters.